The zero-order chi connectivity index (χ0) is 11.6. The molecule has 4 heteroatoms. The van der Waals surface area contributed by atoms with Gasteiger partial charge in [0.05, 0.1) is 7.11 Å². The molecule has 1 aliphatic rings. The summed E-state index contributed by atoms with van der Waals surface area (Å²) in [4.78, 5) is 13.4. The number of unbranched alkanes of at least 4 members (excludes halogenated alkanes) is 3. The molecule has 0 saturated carbocycles. The molecule has 0 radical (unpaired) electrons. The third kappa shape index (κ3) is 6.08. The number of rotatable bonds is 7. The molecule has 0 aromatic rings. The largest absolute Gasteiger partial charge is 0.469 e. The topological polar surface area (TPSA) is 41.6 Å². The molecule has 1 aliphatic heterocycles. The molecule has 0 aromatic carbocycles. The highest BCUT2D eigenvalue weighted by molar-refractivity contribution is 5.68. The maximum absolute atomic E-state index is 10.9. The van der Waals surface area contributed by atoms with Gasteiger partial charge in [-0.15, -0.1) is 0 Å². The number of nitrogens with zero attached hydrogens (tertiary/aromatic N) is 1. The van der Waals surface area contributed by atoms with Gasteiger partial charge >= 0.3 is 5.97 Å². The third-order valence-electron chi connectivity index (χ3n) is 3.04. The van der Waals surface area contributed by atoms with Crippen molar-refractivity contribution in [2.75, 3.05) is 39.8 Å². The first-order valence-electron chi connectivity index (χ1n) is 6.33. The van der Waals surface area contributed by atoms with Gasteiger partial charge in [0, 0.05) is 32.6 Å². The van der Waals surface area contributed by atoms with E-state index in [9.17, 15) is 4.79 Å². The molecule has 0 bridgehead atoms. The van der Waals surface area contributed by atoms with Crippen LogP contribution in [0.25, 0.3) is 0 Å². The Balaban J connectivity index is 1.85. The minimum absolute atomic E-state index is 0.0814. The van der Waals surface area contributed by atoms with Gasteiger partial charge in [-0.25, -0.2) is 0 Å². The van der Waals surface area contributed by atoms with Gasteiger partial charge in [0.2, 0.25) is 0 Å². The lowest BCUT2D eigenvalue weighted by molar-refractivity contribution is -0.140. The second kappa shape index (κ2) is 8.53. The normalized spacial score (nSPS) is 17.3. The summed E-state index contributed by atoms with van der Waals surface area (Å²) in [6.07, 6.45) is 5.15. The standard InChI is InChI=1S/C12H24N2O2/c1-16-12(15)6-4-2-3-5-9-14-10-7-13-8-11-14/h13H,2-11H2,1H3. The first-order valence-corrected chi connectivity index (χ1v) is 6.33. The van der Waals surface area contributed by atoms with E-state index in [1.165, 1.54) is 39.6 Å². The number of piperazine rings is 1. The molecular formula is C12H24N2O2. The van der Waals surface area contributed by atoms with Crippen LogP contribution in [0.2, 0.25) is 0 Å². The molecule has 1 saturated heterocycles. The van der Waals surface area contributed by atoms with E-state index >= 15 is 0 Å². The summed E-state index contributed by atoms with van der Waals surface area (Å²) in [5.41, 5.74) is 0. The number of hydrogen-bond donors (Lipinski definition) is 1. The Morgan fingerprint density at radius 3 is 2.56 bits per heavy atom. The van der Waals surface area contributed by atoms with Crippen molar-refractivity contribution >= 4 is 5.97 Å². The van der Waals surface area contributed by atoms with E-state index < -0.39 is 0 Å². The molecule has 16 heavy (non-hydrogen) atoms. The monoisotopic (exact) mass is 228 g/mol. The number of carbonyl (C=O) groups excluding carboxylic acids is 1. The molecule has 0 amide bonds. The van der Waals surface area contributed by atoms with Crippen LogP contribution >= 0.6 is 0 Å². The molecule has 1 fully saturated rings. The van der Waals surface area contributed by atoms with Gasteiger partial charge in [0.1, 0.15) is 0 Å². The molecule has 0 aromatic heterocycles. The van der Waals surface area contributed by atoms with Gasteiger partial charge < -0.3 is 15.0 Å². The maximum Gasteiger partial charge on any atom is 0.305 e. The SMILES string of the molecule is COC(=O)CCCCCCN1CCNCC1. The molecule has 1 rings (SSSR count). The fourth-order valence-corrected chi connectivity index (χ4v) is 2.00. The molecule has 0 unspecified atom stereocenters. The number of hydrogen-bond acceptors (Lipinski definition) is 4. The Morgan fingerprint density at radius 1 is 1.19 bits per heavy atom. The van der Waals surface area contributed by atoms with Crippen molar-refractivity contribution < 1.29 is 9.53 Å². The number of nitrogens with one attached hydrogen (secondary N) is 1. The van der Waals surface area contributed by atoms with Crippen molar-refractivity contribution in [2.24, 2.45) is 0 Å². The van der Waals surface area contributed by atoms with E-state index in [4.69, 9.17) is 0 Å². The van der Waals surface area contributed by atoms with Crippen molar-refractivity contribution in [3.63, 3.8) is 0 Å². The van der Waals surface area contributed by atoms with E-state index in [-0.39, 0.29) is 5.97 Å². The summed E-state index contributed by atoms with van der Waals surface area (Å²) in [5.74, 6) is -0.0814. The first-order chi connectivity index (χ1) is 7.83. The molecule has 1 N–H and O–H groups in total. The van der Waals surface area contributed by atoms with E-state index in [0.717, 1.165) is 25.9 Å². The van der Waals surface area contributed by atoms with Crippen LogP contribution in [0.5, 0.6) is 0 Å². The summed E-state index contributed by atoms with van der Waals surface area (Å²) in [6.45, 7) is 5.83. The predicted octanol–water partition coefficient (Wildman–Crippen LogP) is 1.02. The molecule has 0 spiro atoms. The number of esters is 1. The average molecular weight is 228 g/mol. The molecule has 0 atom stereocenters. The van der Waals surface area contributed by atoms with Gasteiger partial charge in [-0.2, -0.15) is 0 Å². The van der Waals surface area contributed by atoms with Crippen molar-refractivity contribution in [2.45, 2.75) is 32.1 Å². The molecule has 94 valence electrons. The van der Waals surface area contributed by atoms with Crippen LogP contribution in [0.4, 0.5) is 0 Å². The summed E-state index contributed by atoms with van der Waals surface area (Å²) in [7, 11) is 1.45. The van der Waals surface area contributed by atoms with E-state index in [1.54, 1.807) is 0 Å². The van der Waals surface area contributed by atoms with E-state index in [1.807, 2.05) is 0 Å². The molecular weight excluding hydrogens is 204 g/mol. The van der Waals surface area contributed by atoms with Crippen LogP contribution in [-0.4, -0.2) is 50.7 Å². The van der Waals surface area contributed by atoms with Gasteiger partial charge in [-0.05, 0) is 19.4 Å². The third-order valence-corrected chi connectivity index (χ3v) is 3.04. The number of methoxy groups -OCH3 is 1. The minimum atomic E-state index is -0.0814. The van der Waals surface area contributed by atoms with Crippen LogP contribution < -0.4 is 5.32 Å². The van der Waals surface area contributed by atoms with Crippen LogP contribution in [0.3, 0.4) is 0 Å². The van der Waals surface area contributed by atoms with Crippen LogP contribution in [0, 0.1) is 0 Å². The maximum atomic E-state index is 10.9. The Morgan fingerprint density at radius 2 is 1.88 bits per heavy atom. The lowest BCUT2D eigenvalue weighted by Crippen LogP contribution is -2.43. The minimum Gasteiger partial charge on any atom is -0.469 e. The van der Waals surface area contributed by atoms with Gasteiger partial charge in [0.25, 0.3) is 0 Å². The average Bonchev–Trinajstić information content (AvgIpc) is 2.34. The zero-order valence-electron chi connectivity index (χ0n) is 10.3. The Hall–Kier alpha value is -0.610. The lowest BCUT2D eigenvalue weighted by Gasteiger charge is -2.26. The highest BCUT2D eigenvalue weighted by Crippen LogP contribution is 2.05. The van der Waals surface area contributed by atoms with Crippen molar-refractivity contribution in [3.8, 4) is 0 Å². The second-order valence-electron chi connectivity index (χ2n) is 4.33. The molecule has 0 aliphatic carbocycles. The van der Waals surface area contributed by atoms with E-state index in [2.05, 4.69) is 15.0 Å². The number of ether oxygens (including phenoxy) is 1. The van der Waals surface area contributed by atoms with Gasteiger partial charge in [-0.1, -0.05) is 12.8 Å². The van der Waals surface area contributed by atoms with Gasteiger partial charge in [-0.3, -0.25) is 4.79 Å². The smallest absolute Gasteiger partial charge is 0.305 e. The fraction of sp³-hybridized carbons (Fsp3) is 0.917. The van der Waals surface area contributed by atoms with Crippen molar-refractivity contribution in [3.05, 3.63) is 0 Å². The van der Waals surface area contributed by atoms with Gasteiger partial charge in [0.15, 0.2) is 0 Å². The highest BCUT2D eigenvalue weighted by Gasteiger charge is 2.08. The Labute approximate surface area is 98.3 Å². The summed E-state index contributed by atoms with van der Waals surface area (Å²) in [5, 5.41) is 3.35. The second-order valence-corrected chi connectivity index (χ2v) is 4.33. The zero-order valence-corrected chi connectivity index (χ0v) is 10.3. The summed E-state index contributed by atoms with van der Waals surface area (Å²) in [6, 6.07) is 0. The fourth-order valence-electron chi connectivity index (χ4n) is 2.00. The highest BCUT2D eigenvalue weighted by atomic mass is 16.5. The lowest BCUT2D eigenvalue weighted by atomic mass is 10.1. The van der Waals surface area contributed by atoms with Crippen molar-refractivity contribution in [1.82, 2.24) is 10.2 Å². The quantitative estimate of drug-likeness (QED) is 0.522. The Kier molecular flexibility index (Phi) is 7.17. The first kappa shape index (κ1) is 13.5. The summed E-state index contributed by atoms with van der Waals surface area (Å²) >= 11 is 0. The van der Waals surface area contributed by atoms with E-state index in [0.29, 0.717) is 6.42 Å². The van der Waals surface area contributed by atoms with Crippen LogP contribution in [0.1, 0.15) is 32.1 Å². The van der Waals surface area contributed by atoms with Crippen molar-refractivity contribution in [1.29, 1.82) is 0 Å². The summed E-state index contributed by atoms with van der Waals surface area (Å²) < 4.78 is 4.60. The van der Waals surface area contributed by atoms with Crippen LogP contribution in [0.15, 0.2) is 0 Å². The number of carbonyl (C=O) groups is 1. The Bertz CT molecular complexity index is 191. The molecule has 4 nitrogen and oxygen atoms in total. The molecule has 1 heterocycles. The van der Waals surface area contributed by atoms with Crippen LogP contribution in [-0.2, 0) is 9.53 Å². The predicted molar refractivity (Wildman–Crippen MR) is 64.4 cm³/mol.